The van der Waals surface area contributed by atoms with Gasteiger partial charge in [0.05, 0.1) is 6.10 Å². The Kier molecular flexibility index (Phi) is 3.79. The summed E-state index contributed by atoms with van der Waals surface area (Å²) in [6.07, 6.45) is 3.70. The summed E-state index contributed by atoms with van der Waals surface area (Å²) in [5.41, 5.74) is 6.27. The lowest BCUT2D eigenvalue weighted by Gasteiger charge is -2.22. The predicted octanol–water partition coefficient (Wildman–Crippen LogP) is 1.15. The topological polar surface area (TPSA) is 66.0 Å². The molecule has 1 aromatic rings. The minimum Gasteiger partial charge on any atom is -0.378 e. The first-order valence-electron chi connectivity index (χ1n) is 6.35. The first kappa shape index (κ1) is 12.5. The Morgan fingerprint density at radius 3 is 2.94 bits per heavy atom. The van der Waals surface area contributed by atoms with Crippen molar-refractivity contribution in [3.05, 3.63) is 12.2 Å². The predicted molar refractivity (Wildman–Crippen MR) is 65.6 cm³/mol. The van der Waals surface area contributed by atoms with Crippen molar-refractivity contribution in [2.45, 2.75) is 51.8 Å². The molecule has 0 bridgehead atoms. The van der Waals surface area contributed by atoms with Gasteiger partial charge in [0.15, 0.2) is 0 Å². The molecule has 0 radical (unpaired) electrons. The van der Waals surface area contributed by atoms with Gasteiger partial charge >= 0.3 is 0 Å². The van der Waals surface area contributed by atoms with Crippen molar-refractivity contribution in [1.82, 2.24) is 14.8 Å². The fourth-order valence-electron chi connectivity index (χ4n) is 2.52. The molecule has 0 spiro atoms. The molecule has 0 aromatic carbocycles. The Labute approximate surface area is 102 Å². The monoisotopic (exact) mass is 238 g/mol. The molecule has 3 unspecified atom stereocenters. The first-order chi connectivity index (χ1) is 8.09. The molecule has 5 nitrogen and oxygen atoms in total. The number of ether oxygens (including phenoxy) is 1. The van der Waals surface area contributed by atoms with Crippen LogP contribution in [0.5, 0.6) is 0 Å². The fraction of sp³-hybridized carbons (Fsp3) is 0.833. The van der Waals surface area contributed by atoms with Crippen LogP contribution in [0.25, 0.3) is 0 Å². The Morgan fingerprint density at radius 2 is 2.35 bits per heavy atom. The van der Waals surface area contributed by atoms with Gasteiger partial charge in [0.1, 0.15) is 12.2 Å². The van der Waals surface area contributed by atoms with Gasteiger partial charge in [-0.2, -0.15) is 5.10 Å². The number of hydrogen-bond donors (Lipinski definition) is 1. The van der Waals surface area contributed by atoms with Crippen LogP contribution in [0.15, 0.2) is 6.33 Å². The van der Waals surface area contributed by atoms with Crippen molar-refractivity contribution in [1.29, 1.82) is 0 Å². The number of nitrogens with zero attached hydrogens (tertiary/aromatic N) is 3. The van der Waals surface area contributed by atoms with Crippen LogP contribution in [-0.4, -0.2) is 33.5 Å². The quantitative estimate of drug-likeness (QED) is 0.854. The molecular formula is C12H22N4O. The summed E-state index contributed by atoms with van der Waals surface area (Å²) in [6.45, 7) is 7.14. The lowest BCUT2D eigenvalue weighted by molar-refractivity contribution is 0.0992. The highest BCUT2D eigenvalue weighted by atomic mass is 16.5. The third-order valence-electron chi connectivity index (χ3n) is 3.54. The maximum absolute atomic E-state index is 6.27. The van der Waals surface area contributed by atoms with Crippen LogP contribution in [-0.2, 0) is 11.2 Å². The van der Waals surface area contributed by atoms with Gasteiger partial charge in [0, 0.05) is 31.0 Å². The summed E-state index contributed by atoms with van der Waals surface area (Å²) in [6, 6.07) is 0.436. The van der Waals surface area contributed by atoms with Gasteiger partial charge in [0.2, 0.25) is 0 Å². The van der Waals surface area contributed by atoms with Gasteiger partial charge in [-0.05, 0) is 27.2 Å². The Balaban J connectivity index is 2.02. The average Bonchev–Trinajstić information content (AvgIpc) is 2.86. The molecule has 2 N–H and O–H groups in total. The zero-order valence-corrected chi connectivity index (χ0v) is 10.8. The van der Waals surface area contributed by atoms with Crippen molar-refractivity contribution >= 4 is 0 Å². The standard InChI is InChI=1S/C12H22N4O/c1-8(2)16-12(14-7-15-16)6-11(13)10-4-5-17-9(10)3/h7-11H,4-6,13H2,1-3H3. The number of nitrogens with two attached hydrogens (primary N) is 1. The van der Waals surface area contributed by atoms with E-state index in [9.17, 15) is 0 Å². The second-order valence-corrected chi connectivity index (χ2v) is 5.11. The molecule has 96 valence electrons. The van der Waals surface area contributed by atoms with Gasteiger partial charge in [-0.3, -0.25) is 0 Å². The Morgan fingerprint density at radius 1 is 1.59 bits per heavy atom. The van der Waals surface area contributed by atoms with Crippen molar-refractivity contribution in [2.24, 2.45) is 11.7 Å². The van der Waals surface area contributed by atoms with E-state index in [4.69, 9.17) is 10.5 Å². The van der Waals surface area contributed by atoms with Gasteiger partial charge < -0.3 is 10.5 Å². The lowest BCUT2D eigenvalue weighted by Crippen LogP contribution is -2.37. The molecule has 0 amide bonds. The second-order valence-electron chi connectivity index (χ2n) is 5.11. The van der Waals surface area contributed by atoms with Gasteiger partial charge in [-0.25, -0.2) is 9.67 Å². The third-order valence-corrected chi connectivity index (χ3v) is 3.54. The molecule has 3 atom stereocenters. The number of aromatic nitrogens is 3. The van der Waals surface area contributed by atoms with E-state index >= 15 is 0 Å². The van der Waals surface area contributed by atoms with Crippen molar-refractivity contribution in [3.8, 4) is 0 Å². The largest absolute Gasteiger partial charge is 0.378 e. The summed E-state index contributed by atoms with van der Waals surface area (Å²) in [4.78, 5) is 4.30. The molecular weight excluding hydrogens is 216 g/mol. The van der Waals surface area contributed by atoms with Crippen LogP contribution in [0.1, 0.15) is 39.1 Å². The highest BCUT2D eigenvalue weighted by Gasteiger charge is 2.30. The van der Waals surface area contributed by atoms with E-state index in [1.807, 2.05) is 4.68 Å². The summed E-state index contributed by atoms with van der Waals surface area (Å²) >= 11 is 0. The van der Waals surface area contributed by atoms with Crippen molar-refractivity contribution in [2.75, 3.05) is 6.61 Å². The molecule has 0 aliphatic carbocycles. The molecule has 1 aliphatic heterocycles. The summed E-state index contributed by atoms with van der Waals surface area (Å²) in [5.74, 6) is 1.42. The molecule has 1 fully saturated rings. The normalized spacial score (nSPS) is 26.6. The van der Waals surface area contributed by atoms with E-state index < -0.39 is 0 Å². The average molecular weight is 238 g/mol. The zero-order valence-electron chi connectivity index (χ0n) is 10.8. The number of hydrogen-bond acceptors (Lipinski definition) is 4. The van der Waals surface area contributed by atoms with Crippen molar-refractivity contribution < 1.29 is 4.74 Å². The third kappa shape index (κ3) is 2.66. The Bertz CT molecular complexity index is 363. The fourth-order valence-corrected chi connectivity index (χ4v) is 2.52. The highest BCUT2D eigenvalue weighted by Crippen LogP contribution is 2.24. The molecule has 5 heteroatoms. The second kappa shape index (κ2) is 5.14. The number of rotatable bonds is 4. The van der Waals surface area contributed by atoms with Crippen LogP contribution in [0, 0.1) is 5.92 Å². The van der Waals surface area contributed by atoms with Crippen LogP contribution < -0.4 is 5.73 Å². The SMILES string of the molecule is CC1OCCC1C(N)Cc1ncnn1C(C)C. The maximum Gasteiger partial charge on any atom is 0.138 e. The van der Waals surface area contributed by atoms with Gasteiger partial charge in [0.25, 0.3) is 0 Å². The van der Waals surface area contributed by atoms with E-state index in [-0.39, 0.29) is 12.1 Å². The Hall–Kier alpha value is -0.940. The molecule has 1 aliphatic rings. The molecule has 1 saturated heterocycles. The molecule has 17 heavy (non-hydrogen) atoms. The highest BCUT2D eigenvalue weighted by molar-refractivity contribution is 4.94. The minimum absolute atomic E-state index is 0.106. The zero-order chi connectivity index (χ0) is 12.4. The van der Waals surface area contributed by atoms with Crippen LogP contribution >= 0.6 is 0 Å². The molecule has 1 aromatic heterocycles. The van der Waals surface area contributed by atoms with E-state index in [0.717, 1.165) is 25.3 Å². The van der Waals surface area contributed by atoms with Crippen molar-refractivity contribution in [3.63, 3.8) is 0 Å². The first-order valence-corrected chi connectivity index (χ1v) is 6.35. The maximum atomic E-state index is 6.27. The van der Waals surface area contributed by atoms with E-state index in [0.29, 0.717) is 12.0 Å². The van der Waals surface area contributed by atoms with E-state index in [1.165, 1.54) is 0 Å². The summed E-state index contributed by atoms with van der Waals surface area (Å²) in [5, 5.41) is 4.23. The minimum atomic E-state index is 0.106. The van der Waals surface area contributed by atoms with E-state index in [2.05, 4.69) is 30.9 Å². The summed E-state index contributed by atoms with van der Waals surface area (Å²) < 4.78 is 7.51. The lowest BCUT2D eigenvalue weighted by atomic mass is 9.92. The van der Waals surface area contributed by atoms with Crippen LogP contribution in [0.4, 0.5) is 0 Å². The molecule has 2 heterocycles. The van der Waals surface area contributed by atoms with Gasteiger partial charge in [-0.15, -0.1) is 0 Å². The van der Waals surface area contributed by atoms with Crippen LogP contribution in [0.2, 0.25) is 0 Å². The van der Waals surface area contributed by atoms with Crippen LogP contribution in [0.3, 0.4) is 0 Å². The molecule has 0 saturated carbocycles. The summed E-state index contributed by atoms with van der Waals surface area (Å²) in [7, 11) is 0. The van der Waals surface area contributed by atoms with E-state index in [1.54, 1.807) is 6.33 Å². The smallest absolute Gasteiger partial charge is 0.138 e. The molecule has 2 rings (SSSR count). The van der Waals surface area contributed by atoms with Gasteiger partial charge in [-0.1, -0.05) is 0 Å².